The van der Waals surface area contributed by atoms with Gasteiger partial charge in [-0.3, -0.25) is 9.59 Å². The third kappa shape index (κ3) is 4.77. The lowest BCUT2D eigenvalue weighted by atomic mass is 9.80. The lowest BCUT2D eigenvalue weighted by Crippen LogP contribution is -2.56. The van der Waals surface area contributed by atoms with Crippen molar-refractivity contribution in [2.45, 2.75) is 57.4 Å². The fourth-order valence-corrected chi connectivity index (χ4v) is 5.23. The highest BCUT2D eigenvalue weighted by Crippen LogP contribution is 2.39. The van der Waals surface area contributed by atoms with Crippen LogP contribution >= 0.6 is 0 Å². The molecule has 0 bridgehead atoms. The third-order valence-corrected chi connectivity index (χ3v) is 7.32. The summed E-state index contributed by atoms with van der Waals surface area (Å²) >= 11 is 0. The number of carbonyl (C=O) groups excluding carboxylic acids is 2. The van der Waals surface area contributed by atoms with Gasteiger partial charge in [0.1, 0.15) is 11.4 Å². The Bertz CT molecular complexity index is 934. The molecule has 1 aromatic heterocycles. The third-order valence-electron chi connectivity index (χ3n) is 7.32. The lowest BCUT2D eigenvalue weighted by Gasteiger charge is -2.40. The van der Waals surface area contributed by atoms with E-state index in [1.54, 1.807) is 21.9 Å². The maximum Gasteiger partial charge on any atom is 0.282 e. The molecule has 2 amide bonds. The van der Waals surface area contributed by atoms with E-state index >= 15 is 0 Å². The number of piperidine rings is 1. The topological polar surface area (TPSA) is 74.8 Å². The van der Waals surface area contributed by atoms with Crippen LogP contribution in [0, 0.1) is 17.8 Å². The summed E-state index contributed by atoms with van der Waals surface area (Å²) < 4.78 is 32.7. The molecule has 1 saturated carbocycles. The normalized spacial score (nSPS) is 26.7. The summed E-state index contributed by atoms with van der Waals surface area (Å²) in [6, 6.07) is 3.28. The molecule has 0 radical (unpaired) electrons. The van der Waals surface area contributed by atoms with E-state index in [4.69, 9.17) is 4.74 Å². The SMILES string of the molecule is CC1(C)CC(C2CCN(C(=O)c3ccc(N4CC(F)(F)C4)c(OCC4CC4)n3)CC2)C(=O)N1. The predicted octanol–water partition coefficient (Wildman–Crippen LogP) is 3.09. The van der Waals surface area contributed by atoms with Crippen molar-refractivity contribution >= 4 is 17.5 Å². The molecule has 3 saturated heterocycles. The van der Waals surface area contributed by atoms with Gasteiger partial charge in [-0.15, -0.1) is 0 Å². The van der Waals surface area contributed by atoms with E-state index in [1.165, 1.54) is 0 Å². The molecule has 4 aliphatic rings. The average molecular weight is 463 g/mol. The fourth-order valence-electron chi connectivity index (χ4n) is 5.23. The van der Waals surface area contributed by atoms with Crippen LogP contribution in [0.2, 0.25) is 0 Å². The first-order valence-electron chi connectivity index (χ1n) is 12.0. The highest BCUT2D eigenvalue weighted by molar-refractivity contribution is 5.93. The number of hydrogen-bond donors (Lipinski definition) is 1. The van der Waals surface area contributed by atoms with Crippen molar-refractivity contribution in [2.75, 3.05) is 37.7 Å². The van der Waals surface area contributed by atoms with E-state index in [9.17, 15) is 18.4 Å². The summed E-state index contributed by atoms with van der Waals surface area (Å²) in [5, 5.41) is 3.07. The Hall–Kier alpha value is -2.45. The molecule has 3 aliphatic heterocycles. The smallest absolute Gasteiger partial charge is 0.282 e. The number of pyridine rings is 1. The minimum Gasteiger partial charge on any atom is -0.476 e. The highest BCUT2D eigenvalue weighted by atomic mass is 19.3. The van der Waals surface area contributed by atoms with Crippen LogP contribution in [0.1, 0.15) is 56.4 Å². The molecular formula is C24H32F2N4O3. The molecular weight excluding hydrogens is 430 g/mol. The van der Waals surface area contributed by atoms with Gasteiger partial charge in [0.15, 0.2) is 0 Å². The zero-order valence-electron chi connectivity index (χ0n) is 19.3. The van der Waals surface area contributed by atoms with Gasteiger partial charge in [0.25, 0.3) is 11.8 Å². The summed E-state index contributed by atoms with van der Waals surface area (Å²) in [6.45, 7) is 5.02. The fraction of sp³-hybridized carbons (Fsp3) is 0.708. The van der Waals surface area contributed by atoms with Crippen LogP contribution < -0.4 is 15.0 Å². The maximum atomic E-state index is 13.4. The maximum absolute atomic E-state index is 13.4. The van der Waals surface area contributed by atoms with Crippen molar-refractivity contribution in [3.8, 4) is 5.88 Å². The number of alkyl halides is 2. The molecule has 180 valence electrons. The molecule has 5 rings (SSSR count). The van der Waals surface area contributed by atoms with Gasteiger partial charge in [0, 0.05) is 24.5 Å². The summed E-state index contributed by atoms with van der Waals surface area (Å²) in [7, 11) is 0. The minimum absolute atomic E-state index is 0.00624. The quantitative estimate of drug-likeness (QED) is 0.703. The number of amides is 2. The van der Waals surface area contributed by atoms with E-state index in [-0.39, 0.29) is 53.9 Å². The number of aromatic nitrogens is 1. The first-order valence-corrected chi connectivity index (χ1v) is 12.0. The second-order valence-electron chi connectivity index (χ2n) is 10.8. The van der Waals surface area contributed by atoms with Crippen LogP contribution in [0.3, 0.4) is 0 Å². The number of rotatable bonds is 6. The number of likely N-dealkylation sites (tertiary alicyclic amines) is 1. The molecule has 4 fully saturated rings. The van der Waals surface area contributed by atoms with Crippen molar-refractivity contribution in [2.24, 2.45) is 17.8 Å². The number of ether oxygens (including phenoxy) is 1. The number of carbonyl (C=O) groups is 2. The van der Waals surface area contributed by atoms with Crippen LogP contribution in [0.25, 0.3) is 0 Å². The second kappa shape index (κ2) is 8.09. The van der Waals surface area contributed by atoms with Crippen LogP contribution in [0.15, 0.2) is 12.1 Å². The number of nitrogens with zero attached hydrogens (tertiary/aromatic N) is 3. The average Bonchev–Trinajstić information content (AvgIpc) is 3.53. The van der Waals surface area contributed by atoms with E-state index in [2.05, 4.69) is 10.3 Å². The van der Waals surface area contributed by atoms with Gasteiger partial charge in [-0.2, -0.15) is 0 Å². The first-order chi connectivity index (χ1) is 15.6. The Kier molecular flexibility index (Phi) is 5.48. The Labute approximate surface area is 192 Å². The van der Waals surface area contributed by atoms with E-state index < -0.39 is 5.92 Å². The van der Waals surface area contributed by atoms with Gasteiger partial charge < -0.3 is 19.9 Å². The number of anilines is 1. The highest BCUT2D eigenvalue weighted by Gasteiger charge is 2.45. The minimum atomic E-state index is -2.70. The summed E-state index contributed by atoms with van der Waals surface area (Å²) in [5.74, 6) is -1.73. The van der Waals surface area contributed by atoms with Gasteiger partial charge in [0.05, 0.1) is 19.7 Å². The molecule has 0 aromatic carbocycles. The van der Waals surface area contributed by atoms with Crippen molar-refractivity contribution in [1.82, 2.24) is 15.2 Å². The van der Waals surface area contributed by atoms with Crippen molar-refractivity contribution in [3.05, 3.63) is 17.8 Å². The first kappa shape index (κ1) is 22.3. The van der Waals surface area contributed by atoms with Gasteiger partial charge in [-0.1, -0.05) is 0 Å². The molecule has 1 atom stereocenters. The van der Waals surface area contributed by atoms with Crippen LogP contribution in [0.5, 0.6) is 5.88 Å². The molecule has 4 heterocycles. The summed E-state index contributed by atoms with van der Waals surface area (Å²) in [6.07, 6.45) is 4.59. The summed E-state index contributed by atoms with van der Waals surface area (Å²) in [5.41, 5.74) is 0.624. The van der Waals surface area contributed by atoms with E-state index in [0.717, 1.165) is 32.1 Å². The molecule has 1 unspecified atom stereocenters. The van der Waals surface area contributed by atoms with Gasteiger partial charge in [-0.05, 0) is 69.9 Å². The lowest BCUT2D eigenvalue weighted by molar-refractivity contribution is -0.124. The standard InChI is InChI=1S/C24H32F2N4O3/c1-23(2)11-17(20(31)28-23)16-7-9-29(10-8-16)22(32)18-5-6-19(30-13-24(25,26)14-30)21(27-18)33-12-15-3-4-15/h5-6,15-17H,3-4,7-14H2,1-2H3,(H,28,31). The second-order valence-corrected chi connectivity index (χ2v) is 10.8. The van der Waals surface area contributed by atoms with E-state index in [1.807, 2.05) is 13.8 Å². The Morgan fingerprint density at radius 1 is 1.18 bits per heavy atom. The van der Waals surface area contributed by atoms with Crippen molar-refractivity contribution < 1.29 is 23.1 Å². The number of hydrogen-bond acceptors (Lipinski definition) is 5. The van der Waals surface area contributed by atoms with Crippen LogP contribution in [-0.2, 0) is 4.79 Å². The van der Waals surface area contributed by atoms with Gasteiger partial charge >= 0.3 is 0 Å². The van der Waals surface area contributed by atoms with Crippen LogP contribution in [0.4, 0.5) is 14.5 Å². The van der Waals surface area contributed by atoms with Gasteiger partial charge in [0.2, 0.25) is 11.8 Å². The number of nitrogens with one attached hydrogen (secondary N) is 1. The molecule has 0 spiro atoms. The molecule has 9 heteroatoms. The molecule has 7 nitrogen and oxygen atoms in total. The largest absolute Gasteiger partial charge is 0.476 e. The number of halogens is 2. The summed E-state index contributed by atoms with van der Waals surface area (Å²) in [4.78, 5) is 33.3. The van der Waals surface area contributed by atoms with Crippen molar-refractivity contribution in [3.63, 3.8) is 0 Å². The van der Waals surface area contributed by atoms with Crippen molar-refractivity contribution in [1.29, 1.82) is 0 Å². The zero-order chi connectivity index (χ0) is 23.4. The van der Waals surface area contributed by atoms with Crippen LogP contribution in [-0.4, -0.2) is 65.9 Å². The molecule has 33 heavy (non-hydrogen) atoms. The Morgan fingerprint density at radius 3 is 2.45 bits per heavy atom. The molecule has 1 N–H and O–H groups in total. The Balaban J connectivity index is 1.24. The zero-order valence-corrected chi connectivity index (χ0v) is 19.3. The predicted molar refractivity (Wildman–Crippen MR) is 119 cm³/mol. The molecule has 1 aromatic rings. The van der Waals surface area contributed by atoms with Gasteiger partial charge in [-0.25, -0.2) is 13.8 Å². The monoisotopic (exact) mass is 462 g/mol. The van der Waals surface area contributed by atoms with E-state index in [0.29, 0.717) is 31.3 Å². The Morgan fingerprint density at radius 2 is 1.88 bits per heavy atom. The molecule has 1 aliphatic carbocycles.